The van der Waals surface area contributed by atoms with E-state index in [1.54, 1.807) is 20.8 Å². The molecule has 0 radical (unpaired) electrons. The van der Waals surface area contributed by atoms with Crippen molar-refractivity contribution in [2.45, 2.75) is 45.5 Å². The molecule has 2 amide bonds. The molecule has 0 aliphatic rings. The number of likely N-dealkylation sites (N-methyl/N-ethyl adjacent to an activating group) is 1. The fourth-order valence-corrected chi connectivity index (χ4v) is 1.35. The SMILES string of the molecule is CC(OCC(F)(F)F)C(=O)N(C)CC(=O)NC(C)(C)C. The number of ether oxygens (including phenoxy) is 1. The number of hydrogen-bond donors (Lipinski definition) is 1. The van der Waals surface area contributed by atoms with Crippen molar-refractivity contribution in [3.63, 3.8) is 0 Å². The van der Waals surface area contributed by atoms with Crippen LogP contribution in [0.1, 0.15) is 27.7 Å². The quantitative estimate of drug-likeness (QED) is 0.833. The first-order valence-corrected chi connectivity index (χ1v) is 6.06. The third-order valence-electron chi connectivity index (χ3n) is 2.12. The molecule has 1 unspecified atom stereocenters. The molecule has 0 aromatic rings. The lowest BCUT2D eigenvalue weighted by Crippen LogP contribution is -2.48. The summed E-state index contributed by atoms with van der Waals surface area (Å²) in [5.74, 6) is -1.07. The summed E-state index contributed by atoms with van der Waals surface area (Å²) in [7, 11) is 1.33. The zero-order valence-electron chi connectivity index (χ0n) is 12.3. The number of nitrogens with zero attached hydrogens (tertiary/aromatic N) is 1. The standard InChI is InChI=1S/C12H21F3N2O3/c1-8(20-7-12(13,14)15)10(19)17(5)6-9(18)16-11(2,3)4/h8H,6-7H2,1-5H3,(H,16,18). The van der Waals surface area contributed by atoms with Gasteiger partial charge in [-0.1, -0.05) is 0 Å². The number of carbonyl (C=O) groups is 2. The molecular formula is C12H21F3N2O3. The van der Waals surface area contributed by atoms with Crippen LogP contribution in [0.4, 0.5) is 13.2 Å². The molecule has 1 N–H and O–H groups in total. The third-order valence-corrected chi connectivity index (χ3v) is 2.12. The van der Waals surface area contributed by atoms with Gasteiger partial charge in [-0.25, -0.2) is 0 Å². The molecule has 0 spiro atoms. The van der Waals surface area contributed by atoms with Gasteiger partial charge in [-0.3, -0.25) is 9.59 Å². The monoisotopic (exact) mass is 298 g/mol. The van der Waals surface area contributed by atoms with Gasteiger partial charge in [0.25, 0.3) is 5.91 Å². The first kappa shape index (κ1) is 18.7. The minimum Gasteiger partial charge on any atom is -0.359 e. The number of hydrogen-bond acceptors (Lipinski definition) is 3. The van der Waals surface area contributed by atoms with Crippen molar-refractivity contribution in [3.8, 4) is 0 Å². The van der Waals surface area contributed by atoms with Gasteiger partial charge in [0.2, 0.25) is 5.91 Å². The smallest absolute Gasteiger partial charge is 0.359 e. The molecule has 20 heavy (non-hydrogen) atoms. The van der Waals surface area contributed by atoms with Crippen LogP contribution in [-0.2, 0) is 14.3 Å². The van der Waals surface area contributed by atoms with Crippen molar-refractivity contribution in [1.29, 1.82) is 0 Å². The maximum Gasteiger partial charge on any atom is 0.411 e. The van der Waals surface area contributed by atoms with E-state index in [0.717, 1.165) is 4.90 Å². The Morgan fingerprint density at radius 3 is 2.15 bits per heavy atom. The Morgan fingerprint density at radius 2 is 1.75 bits per heavy atom. The third kappa shape index (κ3) is 8.73. The minimum atomic E-state index is -4.49. The summed E-state index contributed by atoms with van der Waals surface area (Å²) in [6.45, 7) is 4.81. The van der Waals surface area contributed by atoms with Crippen molar-refractivity contribution in [3.05, 3.63) is 0 Å². The highest BCUT2D eigenvalue weighted by Gasteiger charge is 2.31. The average Bonchev–Trinajstić information content (AvgIpc) is 2.20. The summed E-state index contributed by atoms with van der Waals surface area (Å²) < 4.78 is 40.3. The Kier molecular flexibility index (Phi) is 6.46. The first-order chi connectivity index (χ1) is 8.82. The highest BCUT2D eigenvalue weighted by Crippen LogP contribution is 2.15. The predicted octanol–water partition coefficient (Wildman–Crippen LogP) is 1.33. The number of amides is 2. The van der Waals surface area contributed by atoms with E-state index in [9.17, 15) is 22.8 Å². The predicted molar refractivity (Wildman–Crippen MR) is 67.0 cm³/mol. The maximum absolute atomic E-state index is 12.0. The van der Waals surface area contributed by atoms with E-state index in [1.165, 1.54) is 14.0 Å². The van der Waals surface area contributed by atoms with Crippen LogP contribution in [0.15, 0.2) is 0 Å². The van der Waals surface area contributed by atoms with E-state index in [2.05, 4.69) is 10.1 Å². The van der Waals surface area contributed by atoms with Gasteiger partial charge < -0.3 is 15.0 Å². The van der Waals surface area contributed by atoms with Crippen molar-refractivity contribution in [2.75, 3.05) is 20.2 Å². The molecule has 5 nitrogen and oxygen atoms in total. The van der Waals surface area contributed by atoms with Crippen molar-refractivity contribution < 1.29 is 27.5 Å². The lowest BCUT2D eigenvalue weighted by Gasteiger charge is -2.25. The highest BCUT2D eigenvalue weighted by atomic mass is 19.4. The zero-order chi connectivity index (χ0) is 16.1. The first-order valence-electron chi connectivity index (χ1n) is 6.06. The molecule has 0 heterocycles. The molecular weight excluding hydrogens is 277 g/mol. The van der Waals surface area contributed by atoms with Gasteiger partial charge in [-0.05, 0) is 27.7 Å². The van der Waals surface area contributed by atoms with Gasteiger partial charge in [-0.15, -0.1) is 0 Å². The molecule has 118 valence electrons. The molecule has 0 bridgehead atoms. The van der Waals surface area contributed by atoms with E-state index in [4.69, 9.17) is 0 Å². The van der Waals surface area contributed by atoms with E-state index in [-0.39, 0.29) is 6.54 Å². The van der Waals surface area contributed by atoms with Crippen LogP contribution >= 0.6 is 0 Å². The Bertz CT molecular complexity index is 351. The van der Waals surface area contributed by atoms with E-state index >= 15 is 0 Å². The van der Waals surface area contributed by atoms with Gasteiger partial charge in [0.15, 0.2) is 0 Å². The van der Waals surface area contributed by atoms with Gasteiger partial charge >= 0.3 is 6.18 Å². The van der Waals surface area contributed by atoms with Gasteiger partial charge in [0.05, 0.1) is 6.54 Å². The molecule has 0 aromatic heterocycles. The number of nitrogens with one attached hydrogen (secondary N) is 1. The second-order valence-corrected chi connectivity index (χ2v) is 5.56. The number of rotatable bonds is 5. The second kappa shape index (κ2) is 6.92. The zero-order valence-corrected chi connectivity index (χ0v) is 12.3. The van der Waals surface area contributed by atoms with Crippen LogP contribution < -0.4 is 5.32 Å². The lowest BCUT2D eigenvalue weighted by molar-refractivity contribution is -0.188. The Hall–Kier alpha value is -1.31. The molecule has 8 heteroatoms. The highest BCUT2D eigenvalue weighted by molar-refractivity contribution is 5.86. The van der Waals surface area contributed by atoms with Crippen LogP contribution in [0.5, 0.6) is 0 Å². The lowest BCUT2D eigenvalue weighted by atomic mass is 10.1. The molecule has 0 aliphatic carbocycles. The van der Waals surface area contributed by atoms with Gasteiger partial charge in [0.1, 0.15) is 12.7 Å². The molecule has 0 saturated heterocycles. The molecule has 0 aliphatic heterocycles. The minimum absolute atomic E-state index is 0.240. The number of alkyl halides is 3. The summed E-state index contributed by atoms with van der Waals surface area (Å²) >= 11 is 0. The fourth-order valence-electron chi connectivity index (χ4n) is 1.35. The van der Waals surface area contributed by atoms with Crippen LogP contribution in [0.2, 0.25) is 0 Å². The Balaban J connectivity index is 4.30. The molecule has 0 aromatic carbocycles. The van der Waals surface area contributed by atoms with E-state index < -0.39 is 36.2 Å². The average molecular weight is 298 g/mol. The van der Waals surface area contributed by atoms with Gasteiger partial charge in [0, 0.05) is 12.6 Å². The van der Waals surface area contributed by atoms with Crippen LogP contribution in [0.25, 0.3) is 0 Å². The topological polar surface area (TPSA) is 58.6 Å². The fraction of sp³-hybridized carbons (Fsp3) is 0.833. The van der Waals surface area contributed by atoms with Crippen molar-refractivity contribution in [1.82, 2.24) is 10.2 Å². The molecule has 1 atom stereocenters. The summed E-state index contributed by atoms with van der Waals surface area (Å²) in [6.07, 6.45) is -5.75. The van der Waals surface area contributed by atoms with Crippen LogP contribution in [-0.4, -0.2) is 54.7 Å². The van der Waals surface area contributed by atoms with Crippen molar-refractivity contribution in [2.24, 2.45) is 0 Å². The van der Waals surface area contributed by atoms with Crippen LogP contribution in [0, 0.1) is 0 Å². The second-order valence-electron chi connectivity index (χ2n) is 5.56. The normalized spacial score (nSPS) is 13.8. The number of halogens is 3. The van der Waals surface area contributed by atoms with Crippen LogP contribution in [0.3, 0.4) is 0 Å². The molecule has 0 fully saturated rings. The van der Waals surface area contributed by atoms with E-state index in [0.29, 0.717) is 0 Å². The Labute approximate surface area is 116 Å². The molecule has 0 saturated carbocycles. The summed E-state index contributed by atoms with van der Waals surface area (Å²) in [4.78, 5) is 24.3. The Morgan fingerprint density at radius 1 is 1.25 bits per heavy atom. The number of carbonyl (C=O) groups excluding carboxylic acids is 2. The van der Waals surface area contributed by atoms with E-state index in [1.807, 2.05) is 0 Å². The van der Waals surface area contributed by atoms with Gasteiger partial charge in [-0.2, -0.15) is 13.2 Å². The van der Waals surface area contributed by atoms with Crippen molar-refractivity contribution >= 4 is 11.8 Å². The summed E-state index contributed by atoms with van der Waals surface area (Å²) in [5, 5.41) is 2.65. The largest absolute Gasteiger partial charge is 0.411 e. The molecule has 0 rings (SSSR count). The summed E-state index contributed by atoms with van der Waals surface area (Å²) in [5.41, 5.74) is -0.445. The summed E-state index contributed by atoms with van der Waals surface area (Å²) in [6, 6.07) is 0. The maximum atomic E-state index is 12.0.